The first-order valence-electron chi connectivity index (χ1n) is 11.0. The zero-order chi connectivity index (χ0) is 23.5. The molecule has 1 N–H and O–H groups in total. The standard InChI is InChI=1S/C24H30Cl2N2O3S/c1-4-21(18-11-10-16-8-6-7-9-17(16)14-18)27-24(29)22(5-2)28(32(3,30)31)23-15-19(25)12-13-20(23)26/h10-15,21-22H,4-9H2,1-3H3,(H,27,29)/t21-,22+/m0/s1. The molecule has 0 saturated heterocycles. The summed E-state index contributed by atoms with van der Waals surface area (Å²) in [5, 5.41) is 3.63. The Bertz CT molecular complexity index is 1090. The molecular weight excluding hydrogens is 467 g/mol. The van der Waals surface area contributed by atoms with E-state index in [1.165, 1.54) is 36.1 Å². The predicted octanol–water partition coefficient (Wildman–Crippen LogP) is 5.68. The highest BCUT2D eigenvalue weighted by Crippen LogP contribution is 2.33. The number of sulfonamides is 1. The highest BCUT2D eigenvalue weighted by atomic mass is 35.5. The van der Waals surface area contributed by atoms with Gasteiger partial charge in [-0.25, -0.2) is 8.42 Å². The molecule has 0 unspecified atom stereocenters. The summed E-state index contributed by atoms with van der Waals surface area (Å²) < 4.78 is 26.5. The number of aryl methyl sites for hydroxylation is 2. The third-order valence-corrected chi connectivity index (χ3v) is 7.70. The second kappa shape index (κ2) is 10.4. The van der Waals surface area contributed by atoms with Gasteiger partial charge in [-0.15, -0.1) is 0 Å². The quantitative estimate of drug-likeness (QED) is 0.510. The number of benzene rings is 2. The molecular formula is C24H30Cl2N2O3S. The van der Waals surface area contributed by atoms with E-state index in [1.54, 1.807) is 13.0 Å². The highest BCUT2D eigenvalue weighted by Gasteiger charge is 2.34. The second-order valence-corrected chi connectivity index (χ2v) is 11.0. The first-order chi connectivity index (χ1) is 15.2. The summed E-state index contributed by atoms with van der Waals surface area (Å²) in [5.74, 6) is -0.362. The van der Waals surface area contributed by atoms with E-state index >= 15 is 0 Å². The Hall–Kier alpha value is -1.76. The second-order valence-electron chi connectivity index (χ2n) is 8.28. The van der Waals surface area contributed by atoms with Crippen LogP contribution in [0, 0.1) is 0 Å². The number of halogens is 2. The van der Waals surface area contributed by atoms with E-state index in [-0.39, 0.29) is 29.1 Å². The lowest BCUT2D eigenvalue weighted by molar-refractivity contribution is -0.123. The van der Waals surface area contributed by atoms with Gasteiger partial charge in [-0.2, -0.15) is 0 Å². The van der Waals surface area contributed by atoms with E-state index in [4.69, 9.17) is 23.2 Å². The van der Waals surface area contributed by atoms with Gasteiger partial charge in [0.25, 0.3) is 0 Å². The number of hydrogen-bond donors (Lipinski definition) is 1. The number of carbonyl (C=O) groups is 1. The molecule has 0 fully saturated rings. The van der Waals surface area contributed by atoms with Crippen LogP contribution in [0.1, 0.15) is 62.3 Å². The van der Waals surface area contributed by atoms with Gasteiger partial charge in [-0.1, -0.05) is 55.2 Å². The third kappa shape index (κ3) is 5.59. The molecule has 0 aromatic heterocycles. The molecule has 2 aromatic rings. The number of hydrogen-bond acceptors (Lipinski definition) is 3. The molecule has 8 heteroatoms. The number of rotatable bonds is 8. The van der Waals surface area contributed by atoms with Crippen molar-refractivity contribution in [1.82, 2.24) is 5.32 Å². The van der Waals surface area contributed by atoms with Gasteiger partial charge in [-0.05, 0) is 73.4 Å². The SMILES string of the molecule is CC[C@H](NC(=O)[C@@H](CC)N(c1cc(Cl)ccc1Cl)S(C)(=O)=O)c1ccc2c(c1)CCCC2. The van der Waals surface area contributed by atoms with Crippen molar-refractivity contribution in [2.75, 3.05) is 10.6 Å². The molecule has 174 valence electrons. The van der Waals surface area contributed by atoms with Crippen molar-refractivity contribution < 1.29 is 13.2 Å². The number of nitrogens with one attached hydrogen (secondary N) is 1. The van der Waals surface area contributed by atoms with Gasteiger partial charge < -0.3 is 5.32 Å². The lowest BCUT2D eigenvalue weighted by Crippen LogP contribution is -2.50. The van der Waals surface area contributed by atoms with Gasteiger partial charge in [0.1, 0.15) is 6.04 Å². The van der Waals surface area contributed by atoms with Crippen molar-refractivity contribution in [2.24, 2.45) is 0 Å². The van der Waals surface area contributed by atoms with Crippen molar-refractivity contribution in [1.29, 1.82) is 0 Å². The van der Waals surface area contributed by atoms with Gasteiger partial charge in [-0.3, -0.25) is 9.10 Å². The number of amides is 1. The van der Waals surface area contributed by atoms with Crippen molar-refractivity contribution >= 4 is 44.8 Å². The topological polar surface area (TPSA) is 66.5 Å². The molecule has 0 spiro atoms. The fraction of sp³-hybridized carbons (Fsp3) is 0.458. The highest BCUT2D eigenvalue weighted by molar-refractivity contribution is 7.92. The molecule has 1 amide bonds. The number of fused-ring (bicyclic) bond motifs is 1. The summed E-state index contributed by atoms with van der Waals surface area (Å²) in [6, 6.07) is 9.84. The van der Waals surface area contributed by atoms with Gasteiger partial charge in [0, 0.05) is 5.02 Å². The lowest BCUT2D eigenvalue weighted by atomic mass is 9.88. The zero-order valence-corrected chi connectivity index (χ0v) is 21.0. The van der Waals surface area contributed by atoms with Gasteiger partial charge in [0.2, 0.25) is 15.9 Å². The maximum atomic E-state index is 13.4. The first-order valence-corrected chi connectivity index (χ1v) is 13.6. The molecule has 0 saturated carbocycles. The van der Waals surface area contributed by atoms with Crippen LogP contribution in [-0.4, -0.2) is 26.6 Å². The zero-order valence-electron chi connectivity index (χ0n) is 18.7. The third-order valence-electron chi connectivity index (χ3n) is 5.97. The van der Waals surface area contributed by atoms with Crippen LogP contribution in [0.25, 0.3) is 0 Å². The lowest BCUT2D eigenvalue weighted by Gasteiger charge is -2.32. The van der Waals surface area contributed by atoms with Crippen LogP contribution in [0.2, 0.25) is 10.0 Å². The maximum absolute atomic E-state index is 13.4. The van der Waals surface area contributed by atoms with Crippen LogP contribution in [0.4, 0.5) is 5.69 Å². The Balaban J connectivity index is 1.91. The van der Waals surface area contributed by atoms with Crippen LogP contribution >= 0.6 is 23.2 Å². The Kier molecular flexibility index (Phi) is 8.12. The minimum atomic E-state index is -3.80. The summed E-state index contributed by atoms with van der Waals surface area (Å²) in [6.45, 7) is 3.79. The van der Waals surface area contributed by atoms with Crippen LogP contribution in [0.5, 0.6) is 0 Å². The summed E-state index contributed by atoms with van der Waals surface area (Å²) in [5.41, 5.74) is 3.97. The minimum Gasteiger partial charge on any atom is -0.347 e. The van der Waals surface area contributed by atoms with Crippen molar-refractivity contribution in [3.05, 3.63) is 63.1 Å². The van der Waals surface area contributed by atoms with Crippen molar-refractivity contribution in [2.45, 2.75) is 64.5 Å². The minimum absolute atomic E-state index is 0.200. The molecule has 2 atom stereocenters. The molecule has 1 aliphatic rings. The first kappa shape index (κ1) is 24.9. The van der Waals surface area contributed by atoms with E-state index in [0.717, 1.165) is 29.0 Å². The Morgan fingerprint density at radius 1 is 1.03 bits per heavy atom. The molecule has 3 rings (SSSR count). The molecule has 0 bridgehead atoms. The average Bonchev–Trinajstić information content (AvgIpc) is 2.76. The van der Waals surface area contributed by atoms with Crippen molar-refractivity contribution in [3.8, 4) is 0 Å². The van der Waals surface area contributed by atoms with E-state index in [1.807, 2.05) is 6.92 Å². The van der Waals surface area contributed by atoms with Crippen LogP contribution in [0.15, 0.2) is 36.4 Å². The van der Waals surface area contributed by atoms with Gasteiger partial charge in [0.15, 0.2) is 0 Å². The predicted molar refractivity (Wildman–Crippen MR) is 132 cm³/mol. The van der Waals surface area contributed by atoms with Gasteiger partial charge >= 0.3 is 0 Å². The molecule has 5 nitrogen and oxygen atoms in total. The molecule has 0 aliphatic heterocycles. The molecule has 32 heavy (non-hydrogen) atoms. The van der Waals surface area contributed by atoms with Crippen molar-refractivity contribution in [3.63, 3.8) is 0 Å². The maximum Gasteiger partial charge on any atom is 0.244 e. The molecule has 2 aromatic carbocycles. The normalized spacial score (nSPS) is 15.5. The molecule has 0 heterocycles. The van der Waals surface area contributed by atoms with E-state index in [9.17, 15) is 13.2 Å². The van der Waals surface area contributed by atoms with E-state index < -0.39 is 16.1 Å². The average molecular weight is 497 g/mol. The van der Waals surface area contributed by atoms with Gasteiger partial charge in [0.05, 0.1) is 23.0 Å². The smallest absolute Gasteiger partial charge is 0.244 e. The fourth-order valence-electron chi connectivity index (χ4n) is 4.35. The summed E-state index contributed by atoms with van der Waals surface area (Å²) in [4.78, 5) is 13.4. The Morgan fingerprint density at radius 2 is 1.72 bits per heavy atom. The number of nitrogens with zero attached hydrogens (tertiary/aromatic N) is 1. The number of carbonyl (C=O) groups excluding carboxylic acids is 1. The summed E-state index contributed by atoms with van der Waals surface area (Å²) in [7, 11) is -3.80. The van der Waals surface area contributed by atoms with Crippen LogP contribution < -0.4 is 9.62 Å². The largest absolute Gasteiger partial charge is 0.347 e. The molecule has 1 aliphatic carbocycles. The summed E-state index contributed by atoms with van der Waals surface area (Å²) in [6.07, 6.45) is 6.59. The van der Waals surface area contributed by atoms with Crippen LogP contribution in [0.3, 0.4) is 0 Å². The monoisotopic (exact) mass is 496 g/mol. The van der Waals surface area contributed by atoms with E-state index in [2.05, 4.69) is 23.5 Å². The van der Waals surface area contributed by atoms with E-state index in [0.29, 0.717) is 11.4 Å². The summed E-state index contributed by atoms with van der Waals surface area (Å²) >= 11 is 12.4. The Morgan fingerprint density at radius 3 is 2.34 bits per heavy atom. The van der Waals surface area contributed by atoms with Crippen LogP contribution in [-0.2, 0) is 27.7 Å². The molecule has 0 radical (unpaired) electrons. The Labute approximate surface area is 201 Å². The fourth-order valence-corrected chi connectivity index (χ4v) is 5.99. The number of anilines is 1.